The summed E-state index contributed by atoms with van der Waals surface area (Å²) in [6.07, 6.45) is 7.84. The highest BCUT2D eigenvalue weighted by Gasteiger charge is 2.53. The van der Waals surface area contributed by atoms with Crippen molar-refractivity contribution in [1.82, 2.24) is 26.0 Å². The van der Waals surface area contributed by atoms with E-state index in [1.165, 1.54) is 0 Å². The number of ether oxygens (including phenoxy) is 1. The molecule has 4 heterocycles. The van der Waals surface area contributed by atoms with Crippen LogP contribution in [0.2, 0.25) is 0 Å². The van der Waals surface area contributed by atoms with E-state index >= 15 is 0 Å². The number of fused-ring (bicyclic) bond motifs is 6. The van der Waals surface area contributed by atoms with Crippen LogP contribution in [0.5, 0.6) is 0 Å². The summed E-state index contributed by atoms with van der Waals surface area (Å²) >= 11 is 1.68. The third-order valence-electron chi connectivity index (χ3n) is 6.79. The van der Waals surface area contributed by atoms with Crippen LogP contribution in [0.3, 0.4) is 0 Å². The maximum absolute atomic E-state index is 14.7. The topological polar surface area (TPSA) is 68.9 Å². The molecule has 6 atom stereocenters. The third kappa shape index (κ3) is 3.61. The lowest BCUT2D eigenvalue weighted by Crippen LogP contribution is -2.67. The molecule has 0 aromatic heterocycles. The number of methoxy groups -OCH3 is 1. The number of hydrogen-bond donors (Lipinski definition) is 3. The first kappa shape index (κ1) is 20.6. The first-order chi connectivity index (χ1) is 13.5. The van der Waals surface area contributed by atoms with E-state index in [1.54, 1.807) is 30.0 Å². The first-order valence-corrected chi connectivity index (χ1v) is 11.5. The minimum absolute atomic E-state index is 0.00396. The number of amides is 1. The Hall–Kier alpha value is -0.710. The molecule has 6 unspecified atom stereocenters. The molecule has 0 aromatic rings. The summed E-state index contributed by atoms with van der Waals surface area (Å²) in [7, 11) is 1.74. The van der Waals surface area contributed by atoms with Gasteiger partial charge in [-0.3, -0.25) is 25.8 Å². The second kappa shape index (κ2) is 8.20. The van der Waals surface area contributed by atoms with Gasteiger partial charge in [-0.2, -0.15) is 5.01 Å². The normalized spacial score (nSPS) is 44.3. The van der Waals surface area contributed by atoms with E-state index in [4.69, 9.17) is 4.74 Å². The Morgan fingerprint density at radius 2 is 2.18 bits per heavy atom. The van der Waals surface area contributed by atoms with E-state index in [0.717, 1.165) is 25.7 Å². The van der Waals surface area contributed by atoms with Crippen LogP contribution < -0.4 is 16.0 Å². The van der Waals surface area contributed by atoms with Crippen molar-refractivity contribution in [2.45, 2.75) is 68.5 Å². The van der Waals surface area contributed by atoms with Crippen molar-refractivity contribution in [2.24, 2.45) is 5.92 Å². The zero-order chi connectivity index (χ0) is 19.9. The van der Waals surface area contributed by atoms with Crippen molar-refractivity contribution in [3.05, 3.63) is 11.9 Å². The number of carbonyl (C=O) groups excluding carboxylic acids is 1. The number of rotatable bonds is 2. The van der Waals surface area contributed by atoms with Gasteiger partial charge in [-0.15, -0.1) is 11.8 Å². The number of halogens is 1. The zero-order valence-electron chi connectivity index (χ0n) is 16.9. The second-order valence-electron chi connectivity index (χ2n) is 8.39. The first-order valence-electron chi connectivity index (χ1n) is 10.2. The average Bonchev–Trinajstić information content (AvgIpc) is 2.97. The standard InChI is InChI=1S/C19H32FN5O2S/c1-19(27-2)9-5-6-12(20)11-24-17(26)13-10-21-18(28-3)23-16(13)25(24)15-8-4-7-14(19)22-15/h6,13-16,18,21-23H,4-5,7-11H2,1-3H3/b12-6+. The van der Waals surface area contributed by atoms with Crippen LogP contribution in [0.15, 0.2) is 11.9 Å². The number of carbonyl (C=O) groups is 1. The molecule has 4 aliphatic heterocycles. The highest BCUT2D eigenvalue weighted by molar-refractivity contribution is 7.99. The molecular weight excluding hydrogens is 381 g/mol. The van der Waals surface area contributed by atoms with E-state index in [1.807, 2.05) is 6.26 Å². The van der Waals surface area contributed by atoms with Crippen LogP contribution >= 0.6 is 11.8 Å². The summed E-state index contributed by atoms with van der Waals surface area (Å²) in [6, 6.07) is 0.167. The molecule has 1 amide bonds. The van der Waals surface area contributed by atoms with Crippen molar-refractivity contribution < 1.29 is 13.9 Å². The molecule has 4 aliphatic rings. The quantitative estimate of drug-likeness (QED) is 0.631. The molecule has 9 heteroatoms. The van der Waals surface area contributed by atoms with Crippen molar-refractivity contribution in [1.29, 1.82) is 0 Å². The maximum atomic E-state index is 14.7. The molecule has 0 radical (unpaired) electrons. The van der Waals surface area contributed by atoms with Crippen LogP contribution in [0, 0.1) is 5.92 Å². The maximum Gasteiger partial charge on any atom is 0.244 e. The molecule has 7 nitrogen and oxygen atoms in total. The van der Waals surface area contributed by atoms with Gasteiger partial charge in [-0.25, -0.2) is 4.39 Å². The fraction of sp³-hybridized carbons (Fsp3) is 0.842. The minimum Gasteiger partial charge on any atom is -0.377 e. The Labute approximate surface area is 170 Å². The monoisotopic (exact) mass is 413 g/mol. The molecule has 0 aliphatic carbocycles. The molecule has 3 N–H and O–H groups in total. The van der Waals surface area contributed by atoms with Gasteiger partial charge in [0.2, 0.25) is 5.91 Å². The number of piperidine rings is 1. The minimum atomic E-state index is -0.364. The highest BCUT2D eigenvalue weighted by Crippen LogP contribution is 2.36. The van der Waals surface area contributed by atoms with Crippen LogP contribution in [0.25, 0.3) is 0 Å². The smallest absolute Gasteiger partial charge is 0.244 e. The van der Waals surface area contributed by atoms with Gasteiger partial charge >= 0.3 is 0 Å². The van der Waals surface area contributed by atoms with Gasteiger partial charge < -0.3 is 4.74 Å². The molecule has 2 bridgehead atoms. The average molecular weight is 414 g/mol. The molecule has 3 fully saturated rings. The highest BCUT2D eigenvalue weighted by atomic mass is 32.2. The van der Waals surface area contributed by atoms with Crippen molar-refractivity contribution in [2.75, 3.05) is 26.5 Å². The van der Waals surface area contributed by atoms with Crippen molar-refractivity contribution >= 4 is 17.7 Å². The largest absolute Gasteiger partial charge is 0.377 e. The molecule has 4 rings (SSSR count). The Kier molecular flexibility index (Phi) is 6.02. The lowest BCUT2D eigenvalue weighted by molar-refractivity contribution is -0.148. The predicted octanol–water partition coefficient (Wildman–Crippen LogP) is 1.35. The predicted molar refractivity (Wildman–Crippen MR) is 108 cm³/mol. The second-order valence-corrected chi connectivity index (χ2v) is 9.33. The molecule has 0 spiro atoms. The molecular formula is C19H32FN5O2S. The van der Waals surface area contributed by atoms with Crippen molar-refractivity contribution in [3.63, 3.8) is 0 Å². The van der Waals surface area contributed by atoms with Gasteiger partial charge in [0.15, 0.2) is 0 Å². The molecule has 0 aromatic carbocycles. The van der Waals surface area contributed by atoms with Crippen molar-refractivity contribution in [3.8, 4) is 0 Å². The summed E-state index contributed by atoms with van der Waals surface area (Å²) in [5.41, 5.74) is -0.284. The van der Waals surface area contributed by atoms with E-state index in [-0.39, 0.29) is 53.7 Å². The molecule has 28 heavy (non-hydrogen) atoms. The van der Waals surface area contributed by atoms with Gasteiger partial charge in [0.1, 0.15) is 11.3 Å². The number of hydrazine groups is 1. The fourth-order valence-corrected chi connectivity index (χ4v) is 5.57. The fourth-order valence-electron chi connectivity index (χ4n) is 5.03. The van der Waals surface area contributed by atoms with Gasteiger partial charge in [-0.05, 0) is 45.3 Å². The molecule has 158 valence electrons. The molecule has 0 saturated carbocycles. The SMILES string of the molecule is COC1(C)CC/C=C(/F)CN2C(=O)C3CNC(SC)NC3N2C2CCCC1N2. The Morgan fingerprint density at radius 3 is 2.93 bits per heavy atom. The Morgan fingerprint density at radius 1 is 1.36 bits per heavy atom. The third-order valence-corrected chi connectivity index (χ3v) is 7.57. The van der Waals surface area contributed by atoms with Gasteiger partial charge in [-0.1, -0.05) is 6.08 Å². The number of nitrogens with one attached hydrogen (secondary N) is 3. The lowest BCUT2D eigenvalue weighted by Gasteiger charge is -2.47. The van der Waals surface area contributed by atoms with Crippen LogP contribution in [0.4, 0.5) is 4.39 Å². The number of thioether (sulfide) groups is 1. The number of hydrogen-bond acceptors (Lipinski definition) is 7. The van der Waals surface area contributed by atoms with Crippen LogP contribution in [-0.4, -0.2) is 71.9 Å². The Bertz CT molecular complexity index is 637. The zero-order valence-corrected chi connectivity index (χ0v) is 17.7. The molecule has 3 saturated heterocycles. The lowest BCUT2D eigenvalue weighted by atomic mass is 9.84. The summed E-state index contributed by atoms with van der Waals surface area (Å²) in [5.74, 6) is -0.470. The number of allylic oxidation sites excluding steroid dienone is 1. The van der Waals surface area contributed by atoms with Gasteiger partial charge in [0, 0.05) is 19.7 Å². The van der Waals surface area contributed by atoms with Gasteiger partial charge in [0.05, 0.1) is 30.4 Å². The van der Waals surface area contributed by atoms with Crippen LogP contribution in [0.1, 0.15) is 39.0 Å². The van der Waals surface area contributed by atoms with E-state index in [2.05, 4.69) is 27.9 Å². The summed E-state index contributed by atoms with van der Waals surface area (Å²) < 4.78 is 20.6. The Balaban J connectivity index is 1.69. The summed E-state index contributed by atoms with van der Waals surface area (Å²) in [6.45, 7) is 2.72. The summed E-state index contributed by atoms with van der Waals surface area (Å²) in [5, 5.41) is 14.4. The van der Waals surface area contributed by atoms with E-state index < -0.39 is 0 Å². The van der Waals surface area contributed by atoms with E-state index in [0.29, 0.717) is 13.0 Å². The van der Waals surface area contributed by atoms with E-state index in [9.17, 15) is 9.18 Å². The van der Waals surface area contributed by atoms with Gasteiger partial charge in [0.25, 0.3) is 0 Å². The van der Waals surface area contributed by atoms with Crippen LogP contribution in [-0.2, 0) is 9.53 Å². The number of nitrogens with zero attached hydrogens (tertiary/aromatic N) is 2. The summed E-state index contributed by atoms with van der Waals surface area (Å²) in [4.78, 5) is 13.2.